The number of hydrogen-bond acceptors (Lipinski definition) is 1. The Morgan fingerprint density at radius 2 is 1.02 bits per heavy atom. The van der Waals surface area contributed by atoms with Gasteiger partial charge in [0.25, 0.3) is 0 Å². The first-order valence-corrected chi connectivity index (χ1v) is 14.3. The molecule has 8 aromatic carbocycles. The van der Waals surface area contributed by atoms with Gasteiger partial charge < -0.3 is 4.42 Å². The van der Waals surface area contributed by atoms with E-state index >= 15 is 0 Å². The van der Waals surface area contributed by atoms with Gasteiger partial charge in [0, 0.05) is 10.8 Å². The predicted octanol–water partition coefficient (Wildman–Crippen LogP) is 12.0. The van der Waals surface area contributed by atoms with Crippen LogP contribution in [0.4, 0.5) is 0 Å². The van der Waals surface area contributed by atoms with E-state index in [0.29, 0.717) is 22.3 Å². The minimum atomic E-state index is -0.402. The van der Waals surface area contributed by atoms with Gasteiger partial charge in [0.15, 0.2) is 0 Å². The monoisotopic (exact) mass is 552 g/mol. The van der Waals surface area contributed by atoms with Crippen molar-refractivity contribution in [3.05, 3.63) is 158 Å². The summed E-state index contributed by atoms with van der Waals surface area (Å²) in [4.78, 5) is 0. The molecule has 0 bridgehead atoms. The highest BCUT2D eigenvalue weighted by Gasteiger charge is 2.19. The fourth-order valence-electron chi connectivity index (χ4n) is 6.46. The Hall–Kier alpha value is -5.66. The summed E-state index contributed by atoms with van der Waals surface area (Å²) < 4.78 is 60.5. The third-order valence-electron chi connectivity index (χ3n) is 8.35. The van der Waals surface area contributed by atoms with Crippen LogP contribution in [-0.4, -0.2) is 0 Å². The van der Waals surface area contributed by atoms with Crippen molar-refractivity contribution in [2.24, 2.45) is 0 Å². The van der Waals surface area contributed by atoms with Gasteiger partial charge in [0.05, 0.1) is 8.22 Å². The quantitative estimate of drug-likeness (QED) is 0.199. The minimum Gasteiger partial charge on any atom is -0.456 e. The van der Waals surface area contributed by atoms with Gasteiger partial charge in [-0.2, -0.15) is 0 Å². The summed E-state index contributed by atoms with van der Waals surface area (Å²) in [5.41, 5.74) is 5.68. The predicted molar refractivity (Wildman–Crippen MR) is 183 cm³/mol. The third kappa shape index (κ3) is 3.72. The molecule has 0 fully saturated rings. The number of benzene rings is 8. The minimum absolute atomic E-state index is 0.0445. The Balaban J connectivity index is 1.48. The van der Waals surface area contributed by atoms with Gasteiger partial charge in [0.2, 0.25) is 0 Å². The van der Waals surface area contributed by atoms with E-state index in [1.54, 1.807) is 0 Å². The van der Waals surface area contributed by atoms with Crippen LogP contribution in [0, 0.1) is 0 Å². The molecule has 0 saturated heterocycles. The number of hydrogen-bond donors (Lipinski definition) is 0. The number of para-hydroxylation sites is 1. The Kier molecular flexibility index (Phi) is 4.11. The maximum absolute atomic E-state index is 9.77. The van der Waals surface area contributed by atoms with Crippen LogP contribution < -0.4 is 0 Å². The van der Waals surface area contributed by atoms with Gasteiger partial charge in [-0.05, 0) is 96.0 Å². The van der Waals surface area contributed by atoms with E-state index in [2.05, 4.69) is 30.3 Å². The average Bonchev–Trinajstić information content (AvgIpc) is 3.51. The van der Waals surface area contributed by atoms with Crippen LogP contribution in [0.5, 0.6) is 0 Å². The van der Waals surface area contributed by atoms with Crippen molar-refractivity contribution in [1.82, 2.24) is 0 Å². The molecule has 0 spiro atoms. The number of rotatable bonds is 3. The standard InChI is InChI=1S/C42H26O/c1-2-12-27(13-3-1)30-24-28-14-4-5-15-31(28)38(26-30)42-35-19-8-6-17-33(35)41(34-18-7-9-20-36(34)42)29-22-23-40-37(25-29)32-16-10-11-21-39(32)43-40/h1-26H/i4D,5D,14D,15D,24D,26D. The zero-order chi connectivity index (χ0) is 33.6. The van der Waals surface area contributed by atoms with Crippen LogP contribution in [0.3, 0.4) is 0 Å². The first-order valence-electron chi connectivity index (χ1n) is 17.3. The molecule has 0 amide bonds. The molecule has 1 aromatic heterocycles. The molecular formula is C42H26O. The number of fused-ring (bicyclic) bond motifs is 6. The van der Waals surface area contributed by atoms with Gasteiger partial charge in [-0.1, -0.05) is 127 Å². The second kappa shape index (κ2) is 9.44. The van der Waals surface area contributed by atoms with Crippen molar-refractivity contribution in [3.63, 3.8) is 0 Å². The van der Waals surface area contributed by atoms with Crippen molar-refractivity contribution in [3.8, 4) is 33.4 Å². The van der Waals surface area contributed by atoms with E-state index in [-0.39, 0.29) is 34.9 Å². The van der Waals surface area contributed by atoms with Crippen LogP contribution in [0.2, 0.25) is 0 Å². The topological polar surface area (TPSA) is 13.1 Å². The fourth-order valence-corrected chi connectivity index (χ4v) is 6.46. The molecule has 0 N–H and O–H groups in total. The Morgan fingerprint density at radius 1 is 0.419 bits per heavy atom. The lowest BCUT2D eigenvalue weighted by Crippen LogP contribution is -1.92. The molecule has 0 aliphatic rings. The summed E-state index contributed by atoms with van der Waals surface area (Å²) in [6, 6.07) is 38.1. The van der Waals surface area contributed by atoms with E-state index in [1.165, 1.54) is 0 Å². The van der Waals surface area contributed by atoms with Gasteiger partial charge >= 0.3 is 0 Å². The molecule has 0 saturated carbocycles. The van der Waals surface area contributed by atoms with Crippen molar-refractivity contribution in [1.29, 1.82) is 0 Å². The summed E-state index contributed by atoms with van der Waals surface area (Å²) >= 11 is 0. The highest BCUT2D eigenvalue weighted by atomic mass is 16.3. The molecule has 9 rings (SSSR count). The lowest BCUT2D eigenvalue weighted by atomic mass is 9.83. The Labute approximate surface area is 257 Å². The fraction of sp³-hybridized carbons (Fsp3) is 0. The number of furan rings is 1. The Bertz CT molecular complexity index is 2780. The van der Waals surface area contributed by atoms with Gasteiger partial charge in [-0.15, -0.1) is 0 Å². The molecule has 0 aliphatic heterocycles. The molecule has 1 heteroatoms. The first-order chi connectivity index (χ1) is 23.8. The first kappa shape index (κ1) is 18.7. The van der Waals surface area contributed by atoms with E-state index < -0.39 is 12.1 Å². The smallest absolute Gasteiger partial charge is 0.135 e. The third-order valence-corrected chi connectivity index (χ3v) is 8.35. The molecular weight excluding hydrogens is 520 g/mol. The molecule has 0 radical (unpaired) electrons. The lowest BCUT2D eigenvalue weighted by Gasteiger charge is -2.19. The summed E-state index contributed by atoms with van der Waals surface area (Å²) in [5, 5.41) is 5.88. The molecule has 9 aromatic rings. The van der Waals surface area contributed by atoms with Crippen LogP contribution in [0.25, 0.3) is 87.6 Å². The van der Waals surface area contributed by atoms with Crippen molar-refractivity contribution >= 4 is 54.3 Å². The maximum atomic E-state index is 9.77. The van der Waals surface area contributed by atoms with Gasteiger partial charge in [0.1, 0.15) is 11.2 Å². The van der Waals surface area contributed by atoms with E-state index in [9.17, 15) is 2.74 Å². The van der Waals surface area contributed by atoms with Gasteiger partial charge in [-0.3, -0.25) is 0 Å². The average molecular weight is 553 g/mol. The molecule has 200 valence electrons. The van der Waals surface area contributed by atoms with Crippen molar-refractivity contribution in [2.45, 2.75) is 0 Å². The lowest BCUT2D eigenvalue weighted by molar-refractivity contribution is 0.669. The molecule has 0 unspecified atom stereocenters. The van der Waals surface area contributed by atoms with Gasteiger partial charge in [-0.25, -0.2) is 0 Å². The van der Waals surface area contributed by atoms with Crippen LogP contribution in [0.15, 0.2) is 162 Å². The normalized spacial score (nSPS) is 13.7. The summed E-state index contributed by atoms with van der Waals surface area (Å²) in [6.45, 7) is 0. The molecule has 43 heavy (non-hydrogen) atoms. The van der Waals surface area contributed by atoms with E-state index in [4.69, 9.17) is 9.90 Å². The highest BCUT2D eigenvalue weighted by molar-refractivity contribution is 6.24. The second-order valence-electron chi connectivity index (χ2n) is 10.8. The van der Waals surface area contributed by atoms with Crippen LogP contribution in [0.1, 0.15) is 8.22 Å². The zero-order valence-electron chi connectivity index (χ0n) is 29.0. The van der Waals surface area contributed by atoms with Crippen LogP contribution >= 0.6 is 0 Å². The van der Waals surface area contributed by atoms with Crippen molar-refractivity contribution in [2.75, 3.05) is 0 Å². The van der Waals surface area contributed by atoms with Crippen molar-refractivity contribution < 1.29 is 12.6 Å². The summed E-state index contributed by atoms with van der Waals surface area (Å²) in [5.74, 6) is 0. The largest absolute Gasteiger partial charge is 0.456 e. The molecule has 1 nitrogen and oxygen atoms in total. The maximum Gasteiger partial charge on any atom is 0.135 e. The molecule has 0 atom stereocenters. The SMILES string of the molecule is [2H]c1c([2H])c([2H])c2c(-c3c4ccccc4c(-c4ccc5oc6ccccc6c5c4)c4ccccc34)c([2H])c(-c3ccccc3)c([2H])c2c1[2H]. The van der Waals surface area contributed by atoms with E-state index in [1.807, 2.05) is 91.0 Å². The second-order valence-corrected chi connectivity index (χ2v) is 10.8. The molecule has 1 heterocycles. The Morgan fingerprint density at radius 3 is 1.77 bits per heavy atom. The van der Waals surface area contributed by atoms with E-state index in [0.717, 1.165) is 54.6 Å². The highest BCUT2D eigenvalue weighted by Crippen LogP contribution is 2.47. The molecule has 0 aliphatic carbocycles. The summed E-state index contributed by atoms with van der Waals surface area (Å²) in [6.07, 6.45) is 0. The zero-order valence-corrected chi connectivity index (χ0v) is 23.0. The van der Waals surface area contributed by atoms with Crippen LogP contribution in [-0.2, 0) is 0 Å². The summed E-state index contributed by atoms with van der Waals surface area (Å²) in [7, 11) is 0.